The predicted molar refractivity (Wildman–Crippen MR) is 83.7 cm³/mol. The molecule has 0 aliphatic carbocycles. The molecule has 0 atom stereocenters. The fourth-order valence-electron chi connectivity index (χ4n) is 2.10. The first-order chi connectivity index (χ1) is 10.9. The quantitative estimate of drug-likeness (QED) is 0.840. The summed E-state index contributed by atoms with van der Waals surface area (Å²) in [5.41, 5.74) is 1.09. The molecule has 1 heterocycles. The number of sulfonamides is 1. The number of aromatic carboxylic acids is 1. The molecule has 23 heavy (non-hydrogen) atoms. The topological polar surface area (TPSA) is 114 Å². The van der Waals surface area contributed by atoms with E-state index in [1.54, 1.807) is 18.2 Å². The van der Waals surface area contributed by atoms with Gasteiger partial charge in [-0.15, -0.1) is 0 Å². The molecule has 8 heteroatoms. The van der Waals surface area contributed by atoms with Gasteiger partial charge in [-0.05, 0) is 30.7 Å². The van der Waals surface area contributed by atoms with E-state index in [9.17, 15) is 13.2 Å². The molecule has 0 amide bonds. The lowest BCUT2D eigenvalue weighted by Gasteiger charge is -2.23. The first-order valence-electron chi connectivity index (χ1n) is 6.74. The molecule has 0 unspecified atom stereocenters. The van der Waals surface area contributed by atoms with Crippen molar-refractivity contribution in [1.82, 2.24) is 4.98 Å². The number of aromatic amines is 1. The Morgan fingerprint density at radius 1 is 1.39 bits per heavy atom. The molecule has 120 valence electrons. The fraction of sp³-hybridized carbons (Fsp3) is 0.200. The van der Waals surface area contributed by atoms with Gasteiger partial charge >= 0.3 is 5.97 Å². The fourth-order valence-corrected chi connectivity index (χ4v) is 3.55. The molecule has 0 fully saturated rings. The summed E-state index contributed by atoms with van der Waals surface area (Å²) < 4.78 is 26.7. The SMILES string of the molecule is Cc1cccc(N(CCC#N)S(=O)(=O)c2c[nH]c(C(=O)O)c2)c1. The van der Waals surface area contributed by atoms with E-state index in [4.69, 9.17) is 10.4 Å². The number of aromatic nitrogens is 1. The minimum Gasteiger partial charge on any atom is -0.477 e. The lowest BCUT2D eigenvalue weighted by atomic mass is 10.2. The van der Waals surface area contributed by atoms with Crippen molar-refractivity contribution < 1.29 is 18.3 Å². The number of nitriles is 1. The third-order valence-corrected chi connectivity index (χ3v) is 5.00. The van der Waals surface area contributed by atoms with Crippen LogP contribution in [0.3, 0.4) is 0 Å². The maximum Gasteiger partial charge on any atom is 0.352 e. The maximum absolute atomic E-state index is 12.8. The first-order valence-corrected chi connectivity index (χ1v) is 8.18. The molecule has 0 aliphatic rings. The van der Waals surface area contributed by atoms with Gasteiger partial charge in [0.15, 0.2) is 0 Å². The zero-order valence-corrected chi connectivity index (χ0v) is 13.2. The van der Waals surface area contributed by atoms with Crippen LogP contribution in [-0.2, 0) is 10.0 Å². The standard InChI is InChI=1S/C15H15N3O4S/c1-11-4-2-5-12(8-11)18(7-3-6-16)23(21,22)13-9-14(15(19)20)17-10-13/h2,4-5,8-10,17H,3,7H2,1H3,(H,19,20). The summed E-state index contributed by atoms with van der Waals surface area (Å²) in [6, 6.07) is 9.86. The maximum atomic E-state index is 12.8. The molecule has 7 nitrogen and oxygen atoms in total. The first kappa shape index (κ1) is 16.6. The van der Waals surface area contributed by atoms with Crippen LogP contribution in [0, 0.1) is 18.3 Å². The molecule has 0 spiro atoms. The number of H-pyrrole nitrogens is 1. The van der Waals surface area contributed by atoms with E-state index in [2.05, 4.69) is 4.98 Å². The van der Waals surface area contributed by atoms with Gasteiger partial charge in [0.2, 0.25) is 0 Å². The molecule has 1 aromatic heterocycles. The van der Waals surface area contributed by atoms with Gasteiger partial charge in [-0.2, -0.15) is 5.26 Å². The zero-order chi connectivity index (χ0) is 17.0. The molecule has 0 saturated heterocycles. The average molecular weight is 333 g/mol. The van der Waals surface area contributed by atoms with Crippen molar-refractivity contribution in [2.24, 2.45) is 0 Å². The third-order valence-electron chi connectivity index (χ3n) is 3.19. The molecule has 0 saturated carbocycles. The van der Waals surface area contributed by atoms with Crippen LogP contribution in [0.25, 0.3) is 0 Å². The van der Waals surface area contributed by atoms with E-state index in [0.717, 1.165) is 22.1 Å². The minimum atomic E-state index is -3.97. The number of carboxylic acid groups (broad SMARTS) is 1. The molecule has 0 bridgehead atoms. The predicted octanol–water partition coefficient (Wildman–Crippen LogP) is 2.13. The van der Waals surface area contributed by atoms with E-state index in [1.807, 2.05) is 19.1 Å². The lowest BCUT2D eigenvalue weighted by molar-refractivity contribution is 0.0691. The Labute approximate surface area is 133 Å². The monoisotopic (exact) mass is 333 g/mol. The van der Waals surface area contributed by atoms with Crippen LogP contribution in [0.4, 0.5) is 5.69 Å². The second-order valence-corrected chi connectivity index (χ2v) is 6.74. The van der Waals surface area contributed by atoms with Gasteiger partial charge in [0.25, 0.3) is 10.0 Å². The summed E-state index contributed by atoms with van der Waals surface area (Å²) in [6.07, 6.45) is 1.15. The van der Waals surface area contributed by atoms with Gasteiger partial charge in [0.1, 0.15) is 10.6 Å². The number of aryl methyl sites for hydroxylation is 1. The molecule has 0 aliphatic heterocycles. The third kappa shape index (κ3) is 3.52. The Bertz CT molecular complexity index is 865. The molecular formula is C15H15N3O4S. The molecule has 2 N–H and O–H groups in total. The van der Waals surface area contributed by atoms with Crippen LogP contribution in [0.2, 0.25) is 0 Å². The van der Waals surface area contributed by atoms with E-state index in [0.29, 0.717) is 5.69 Å². The minimum absolute atomic E-state index is 0.0172. The highest BCUT2D eigenvalue weighted by Crippen LogP contribution is 2.25. The van der Waals surface area contributed by atoms with E-state index in [1.165, 1.54) is 0 Å². The number of nitrogens with one attached hydrogen (secondary N) is 1. The number of nitrogens with zero attached hydrogens (tertiary/aromatic N) is 2. The van der Waals surface area contributed by atoms with Crippen LogP contribution < -0.4 is 4.31 Å². The van der Waals surface area contributed by atoms with E-state index in [-0.39, 0.29) is 23.6 Å². The highest BCUT2D eigenvalue weighted by Gasteiger charge is 2.26. The highest BCUT2D eigenvalue weighted by atomic mass is 32.2. The van der Waals surface area contributed by atoms with Crippen molar-refractivity contribution >= 4 is 21.7 Å². The largest absolute Gasteiger partial charge is 0.477 e. The highest BCUT2D eigenvalue weighted by molar-refractivity contribution is 7.92. The second kappa shape index (κ2) is 6.54. The number of anilines is 1. The molecular weight excluding hydrogens is 318 g/mol. The zero-order valence-electron chi connectivity index (χ0n) is 12.4. The normalized spacial score (nSPS) is 11.0. The number of rotatable bonds is 6. The van der Waals surface area contributed by atoms with Crippen molar-refractivity contribution in [2.45, 2.75) is 18.2 Å². The Morgan fingerprint density at radius 3 is 2.70 bits per heavy atom. The van der Waals surface area contributed by atoms with Crippen molar-refractivity contribution in [3.05, 3.63) is 47.8 Å². The smallest absolute Gasteiger partial charge is 0.352 e. The Hall–Kier alpha value is -2.79. The van der Waals surface area contributed by atoms with Crippen molar-refractivity contribution in [3.8, 4) is 6.07 Å². The summed E-state index contributed by atoms with van der Waals surface area (Å²) in [7, 11) is -3.97. The summed E-state index contributed by atoms with van der Waals surface area (Å²) in [4.78, 5) is 13.2. The molecule has 2 rings (SSSR count). The van der Waals surface area contributed by atoms with Gasteiger partial charge in [-0.25, -0.2) is 13.2 Å². The number of benzene rings is 1. The second-order valence-electron chi connectivity index (χ2n) is 4.88. The number of hydrogen-bond acceptors (Lipinski definition) is 4. The van der Waals surface area contributed by atoms with Gasteiger partial charge in [-0.3, -0.25) is 4.31 Å². The van der Waals surface area contributed by atoms with Crippen LogP contribution in [0.1, 0.15) is 22.5 Å². The van der Waals surface area contributed by atoms with Crippen molar-refractivity contribution in [3.63, 3.8) is 0 Å². The number of carbonyl (C=O) groups is 1. The van der Waals surface area contributed by atoms with Crippen LogP contribution in [-0.4, -0.2) is 31.0 Å². The Balaban J connectivity index is 2.48. The van der Waals surface area contributed by atoms with Crippen LogP contribution in [0.15, 0.2) is 41.4 Å². The van der Waals surface area contributed by atoms with E-state index >= 15 is 0 Å². The summed E-state index contributed by atoms with van der Waals surface area (Å²) in [6.45, 7) is 1.81. The molecule has 0 radical (unpaired) electrons. The van der Waals surface area contributed by atoms with E-state index < -0.39 is 16.0 Å². The lowest BCUT2D eigenvalue weighted by Crippen LogP contribution is -2.31. The number of carboxylic acids is 1. The van der Waals surface area contributed by atoms with Crippen molar-refractivity contribution in [1.29, 1.82) is 5.26 Å². The van der Waals surface area contributed by atoms with Gasteiger partial charge < -0.3 is 10.1 Å². The number of hydrogen-bond donors (Lipinski definition) is 2. The molecule has 1 aromatic carbocycles. The Morgan fingerprint density at radius 2 is 2.13 bits per heavy atom. The van der Waals surface area contributed by atoms with Gasteiger partial charge in [-0.1, -0.05) is 12.1 Å². The summed E-state index contributed by atoms with van der Waals surface area (Å²) in [5, 5.41) is 17.7. The van der Waals surface area contributed by atoms with Crippen LogP contribution >= 0.6 is 0 Å². The van der Waals surface area contributed by atoms with Gasteiger partial charge in [0, 0.05) is 12.7 Å². The summed E-state index contributed by atoms with van der Waals surface area (Å²) in [5.74, 6) is -1.24. The average Bonchev–Trinajstić information content (AvgIpc) is 2.98. The van der Waals surface area contributed by atoms with Gasteiger partial charge in [0.05, 0.1) is 18.2 Å². The van der Waals surface area contributed by atoms with Crippen molar-refractivity contribution in [2.75, 3.05) is 10.8 Å². The van der Waals surface area contributed by atoms with Crippen LogP contribution in [0.5, 0.6) is 0 Å². The summed E-state index contributed by atoms with van der Waals surface area (Å²) >= 11 is 0. The molecule has 2 aromatic rings. The Kier molecular flexibility index (Phi) is 4.71.